The highest BCUT2D eigenvalue weighted by Crippen LogP contribution is 2.29. The van der Waals surface area contributed by atoms with Crippen molar-refractivity contribution in [2.75, 3.05) is 12.4 Å². The van der Waals surface area contributed by atoms with Crippen molar-refractivity contribution in [3.8, 4) is 0 Å². The maximum atomic E-state index is 6.14. The number of methoxy groups -OCH3 is 1. The minimum atomic E-state index is 0.368. The number of nitrogens with one attached hydrogen (secondary N) is 1. The molecule has 1 aromatic carbocycles. The third-order valence-corrected chi connectivity index (χ3v) is 3.80. The quantitative estimate of drug-likeness (QED) is 0.884. The maximum absolute atomic E-state index is 6.14. The number of benzene rings is 1. The zero-order chi connectivity index (χ0) is 12.3. The Morgan fingerprint density at radius 2 is 2.12 bits per heavy atom. The van der Waals surface area contributed by atoms with Crippen molar-refractivity contribution in [3.63, 3.8) is 0 Å². The molecule has 1 fully saturated rings. The van der Waals surface area contributed by atoms with Crippen LogP contribution in [0.1, 0.15) is 25.7 Å². The van der Waals surface area contributed by atoms with Gasteiger partial charge in [-0.25, -0.2) is 0 Å². The zero-order valence-corrected chi connectivity index (χ0v) is 11.4. The van der Waals surface area contributed by atoms with Gasteiger partial charge in [-0.2, -0.15) is 0 Å². The number of halogens is 2. The Labute approximate surface area is 112 Å². The smallest absolute Gasteiger partial charge is 0.0652 e. The van der Waals surface area contributed by atoms with Gasteiger partial charge in [-0.3, -0.25) is 0 Å². The second-order valence-electron chi connectivity index (χ2n) is 4.49. The molecule has 0 bridgehead atoms. The van der Waals surface area contributed by atoms with E-state index in [2.05, 4.69) is 5.32 Å². The number of hydrogen-bond acceptors (Lipinski definition) is 2. The SMILES string of the molecule is COC1CCCC(Nc2ccc(Cl)cc2Cl)C1. The van der Waals surface area contributed by atoms with Gasteiger partial charge in [0.2, 0.25) is 0 Å². The molecule has 1 N–H and O–H groups in total. The molecule has 1 saturated carbocycles. The Morgan fingerprint density at radius 1 is 1.29 bits per heavy atom. The van der Waals surface area contributed by atoms with E-state index < -0.39 is 0 Å². The van der Waals surface area contributed by atoms with Crippen LogP contribution in [0.2, 0.25) is 10.0 Å². The van der Waals surface area contributed by atoms with Gasteiger partial charge in [-0.1, -0.05) is 23.2 Å². The van der Waals surface area contributed by atoms with Crippen molar-refractivity contribution >= 4 is 28.9 Å². The molecule has 2 nitrogen and oxygen atoms in total. The first-order chi connectivity index (χ1) is 8.19. The number of ether oxygens (including phenoxy) is 1. The fourth-order valence-corrected chi connectivity index (χ4v) is 2.78. The highest BCUT2D eigenvalue weighted by Gasteiger charge is 2.21. The maximum Gasteiger partial charge on any atom is 0.0652 e. The predicted octanol–water partition coefficient (Wildman–Crippen LogP) is 4.36. The predicted molar refractivity (Wildman–Crippen MR) is 73.1 cm³/mol. The Morgan fingerprint density at radius 3 is 2.82 bits per heavy atom. The minimum Gasteiger partial charge on any atom is -0.381 e. The second kappa shape index (κ2) is 5.94. The highest BCUT2D eigenvalue weighted by molar-refractivity contribution is 6.36. The van der Waals surface area contributed by atoms with E-state index in [9.17, 15) is 0 Å². The van der Waals surface area contributed by atoms with Gasteiger partial charge in [0.05, 0.1) is 16.8 Å². The first-order valence-electron chi connectivity index (χ1n) is 5.93. The number of anilines is 1. The zero-order valence-electron chi connectivity index (χ0n) is 9.88. The molecule has 0 aliphatic heterocycles. The molecule has 17 heavy (non-hydrogen) atoms. The van der Waals surface area contributed by atoms with Crippen LogP contribution in [0.4, 0.5) is 5.69 Å². The van der Waals surface area contributed by atoms with Crippen molar-refractivity contribution in [1.82, 2.24) is 0 Å². The number of rotatable bonds is 3. The molecule has 1 aromatic rings. The van der Waals surface area contributed by atoms with E-state index >= 15 is 0 Å². The highest BCUT2D eigenvalue weighted by atomic mass is 35.5. The molecule has 0 spiro atoms. The summed E-state index contributed by atoms with van der Waals surface area (Å²) < 4.78 is 5.41. The largest absolute Gasteiger partial charge is 0.381 e. The summed E-state index contributed by atoms with van der Waals surface area (Å²) >= 11 is 12.0. The van der Waals surface area contributed by atoms with Crippen LogP contribution < -0.4 is 5.32 Å². The van der Waals surface area contributed by atoms with E-state index in [1.165, 1.54) is 12.8 Å². The van der Waals surface area contributed by atoms with Gasteiger partial charge in [-0.15, -0.1) is 0 Å². The monoisotopic (exact) mass is 273 g/mol. The van der Waals surface area contributed by atoms with Gasteiger partial charge >= 0.3 is 0 Å². The van der Waals surface area contributed by atoms with Crippen LogP contribution in [0.3, 0.4) is 0 Å². The van der Waals surface area contributed by atoms with Crippen LogP contribution in [0, 0.1) is 0 Å². The fraction of sp³-hybridized carbons (Fsp3) is 0.538. The first kappa shape index (κ1) is 13.0. The molecule has 0 radical (unpaired) electrons. The molecule has 2 atom stereocenters. The van der Waals surface area contributed by atoms with E-state index in [-0.39, 0.29) is 0 Å². The van der Waals surface area contributed by atoms with Crippen LogP contribution in [-0.4, -0.2) is 19.3 Å². The molecule has 0 heterocycles. The van der Waals surface area contributed by atoms with Crippen molar-refractivity contribution in [3.05, 3.63) is 28.2 Å². The van der Waals surface area contributed by atoms with Gasteiger partial charge in [0.25, 0.3) is 0 Å². The van der Waals surface area contributed by atoms with E-state index in [4.69, 9.17) is 27.9 Å². The average Bonchev–Trinajstić information content (AvgIpc) is 2.33. The molecule has 0 amide bonds. The number of hydrogen-bond donors (Lipinski definition) is 1. The van der Waals surface area contributed by atoms with Gasteiger partial charge < -0.3 is 10.1 Å². The van der Waals surface area contributed by atoms with E-state index in [1.807, 2.05) is 12.1 Å². The van der Waals surface area contributed by atoms with Crippen molar-refractivity contribution in [2.45, 2.75) is 37.8 Å². The summed E-state index contributed by atoms with van der Waals surface area (Å²) in [5.41, 5.74) is 0.956. The first-order valence-corrected chi connectivity index (χ1v) is 6.69. The summed E-state index contributed by atoms with van der Waals surface area (Å²) in [6.45, 7) is 0. The summed E-state index contributed by atoms with van der Waals surface area (Å²) in [6, 6.07) is 5.99. The molecule has 0 aromatic heterocycles. The summed E-state index contributed by atoms with van der Waals surface area (Å²) in [5, 5.41) is 4.81. The topological polar surface area (TPSA) is 21.3 Å². The van der Waals surface area contributed by atoms with Gasteiger partial charge in [-0.05, 0) is 43.9 Å². The third kappa shape index (κ3) is 3.51. The van der Waals surface area contributed by atoms with Crippen molar-refractivity contribution in [2.24, 2.45) is 0 Å². The van der Waals surface area contributed by atoms with Crippen molar-refractivity contribution < 1.29 is 4.74 Å². The lowest BCUT2D eigenvalue weighted by Gasteiger charge is -2.29. The van der Waals surface area contributed by atoms with E-state index in [1.54, 1.807) is 13.2 Å². The van der Waals surface area contributed by atoms with Crippen LogP contribution in [0.5, 0.6) is 0 Å². The molecule has 2 rings (SSSR count). The van der Waals surface area contributed by atoms with Crippen LogP contribution in [0.25, 0.3) is 0 Å². The van der Waals surface area contributed by atoms with Crippen LogP contribution in [0.15, 0.2) is 18.2 Å². The van der Waals surface area contributed by atoms with Crippen LogP contribution >= 0.6 is 23.2 Å². The molecule has 1 aliphatic carbocycles. The third-order valence-electron chi connectivity index (χ3n) is 3.25. The Bertz CT molecular complexity index is 384. The Kier molecular flexibility index (Phi) is 4.55. The van der Waals surface area contributed by atoms with E-state index in [0.717, 1.165) is 18.5 Å². The summed E-state index contributed by atoms with van der Waals surface area (Å²) in [7, 11) is 1.78. The summed E-state index contributed by atoms with van der Waals surface area (Å²) in [5.74, 6) is 0. The fourth-order valence-electron chi connectivity index (χ4n) is 2.32. The Hall–Kier alpha value is -0.440. The lowest BCUT2D eigenvalue weighted by atomic mass is 9.92. The molecule has 0 saturated heterocycles. The van der Waals surface area contributed by atoms with E-state index in [0.29, 0.717) is 22.2 Å². The van der Waals surface area contributed by atoms with Crippen LogP contribution in [-0.2, 0) is 4.74 Å². The summed E-state index contributed by atoms with van der Waals surface area (Å²) in [6.07, 6.45) is 4.92. The lowest BCUT2D eigenvalue weighted by molar-refractivity contribution is 0.0669. The van der Waals surface area contributed by atoms with Gasteiger partial charge in [0.1, 0.15) is 0 Å². The molecule has 1 aliphatic rings. The summed E-state index contributed by atoms with van der Waals surface area (Å²) in [4.78, 5) is 0. The van der Waals surface area contributed by atoms with Gasteiger partial charge in [0.15, 0.2) is 0 Å². The standard InChI is InChI=1S/C13H17Cl2NO/c1-17-11-4-2-3-10(8-11)16-13-6-5-9(14)7-12(13)15/h5-7,10-11,16H,2-4,8H2,1H3. The second-order valence-corrected chi connectivity index (χ2v) is 5.33. The average molecular weight is 274 g/mol. The van der Waals surface area contributed by atoms with Crippen molar-refractivity contribution in [1.29, 1.82) is 0 Å². The molecule has 4 heteroatoms. The Balaban J connectivity index is 2.00. The lowest BCUT2D eigenvalue weighted by Crippen LogP contribution is -2.31. The molecular formula is C13H17Cl2NO. The molecule has 94 valence electrons. The normalized spacial score (nSPS) is 24.6. The minimum absolute atomic E-state index is 0.368. The van der Waals surface area contributed by atoms with Gasteiger partial charge in [0, 0.05) is 18.2 Å². The molecule has 2 unspecified atom stereocenters. The molecular weight excluding hydrogens is 257 g/mol.